The third-order valence-corrected chi connectivity index (χ3v) is 3.93. The number of hydrogen-bond acceptors (Lipinski definition) is 3. The highest BCUT2D eigenvalue weighted by Crippen LogP contribution is 2.39. The van der Waals surface area contributed by atoms with Gasteiger partial charge < -0.3 is 0 Å². The lowest BCUT2D eigenvalue weighted by molar-refractivity contribution is -0.295. The number of piperidine rings is 1. The minimum atomic E-state index is -0.350. The normalized spacial score (nSPS) is 23.5. The van der Waals surface area contributed by atoms with Gasteiger partial charge in [0.15, 0.2) is 6.10 Å². The Hall–Kier alpha value is -0.850. The maximum absolute atomic E-state index is 9.27. The SMILES string of the molecule is C=CCCCC(C#N)ON1C(C)(C)CCCC1(C)C. The number of hydrogen-bond donors (Lipinski definition) is 0. The highest BCUT2D eigenvalue weighted by molar-refractivity contribution is 4.94. The Morgan fingerprint density at radius 1 is 1.32 bits per heavy atom. The lowest BCUT2D eigenvalue weighted by atomic mass is 9.82. The van der Waals surface area contributed by atoms with Gasteiger partial charge in [0, 0.05) is 11.1 Å². The fourth-order valence-corrected chi connectivity index (χ4v) is 2.98. The molecule has 0 aromatic rings. The fourth-order valence-electron chi connectivity index (χ4n) is 2.98. The number of hydroxylamine groups is 2. The number of allylic oxidation sites excluding steroid dienone is 1. The molecule has 0 bridgehead atoms. The second-order valence-corrected chi connectivity index (χ2v) is 6.72. The quantitative estimate of drug-likeness (QED) is 0.532. The van der Waals surface area contributed by atoms with Crippen LogP contribution in [0.1, 0.15) is 66.2 Å². The van der Waals surface area contributed by atoms with Gasteiger partial charge in [-0.2, -0.15) is 10.3 Å². The van der Waals surface area contributed by atoms with E-state index in [1.165, 1.54) is 6.42 Å². The van der Waals surface area contributed by atoms with E-state index in [4.69, 9.17) is 4.84 Å². The average Bonchev–Trinajstić information content (AvgIpc) is 2.31. The van der Waals surface area contributed by atoms with Gasteiger partial charge >= 0.3 is 0 Å². The summed E-state index contributed by atoms with van der Waals surface area (Å²) < 4.78 is 0. The summed E-state index contributed by atoms with van der Waals surface area (Å²) in [6, 6.07) is 2.29. The third-order valence-electron chi connectivity index (χ3n) is 3.93. The number of unbranched alkanes of at least 4 members (excludes halogenated alkanes) is 1. The van der Waals surface area contributed by atoms with Crippen LogP contribution in [0.25, 0.3) is 0 Å². The Kier molecular flexibility index (Phi) is 5.58. The largest absolute Gasteiger partial charge is 0.279 e. The maximum Gasteiger partial charge on any atom is 0.165 e. The summed E-state index contributed by atoms with van der Waals surface area (Å²) in [4.78, 5) is 6.06. The molecule has 0 spiro atoms. The Balaban J connectivity index is 2.69. The zero-order chi connectivity index (χ0) is 14.5. The van der Waals surface area contributed by atoms with Crippen LogP contribution in [0.2, 0.25) is 0 Å². The van der Waals surface area contributed by atoms with Crippen molar-refractivity contribution in [1.82, 2.24) is 5.06 Å². The van der Waals surface area contributed by atoms with E-state index in [0.29, 0.717) is 0 Å². The van der Waals surface area contributed by atoms with Gasteiger partial charge in [-0.25, -0.2) is 0 Å². The van der Waals surface area contributed by atoms with E-state index in [1.807, 2.05) is 6.08 Å². The highest BCUT2D eigenvalue weighted by atomic mass is 16.7. The molecule has 3 heteroatoms. The molecule has 0 radical (unpaired) electrons. The van der Waals surface area contributed by atoms with Gasteiger partial charge in [-0.15, -0.1) is 6.58 Å². The molecule has 0 N–H and O–H groups in total. The van der Waals surface area contributed by atoms with Crippen LogP contribution in [0.5, 0.6) is 0 Å². The fraction of sp³-hybridized carbons (Fsp3) is 0.812. The van der Waals surface area contributed by atoms with Crippen molar-refractivity contribution in [2.24, 2.45) is 0 Å². The van der Waals surface area contributed by atoms with Gasteiger partial charge in [0.25, 0.3) is 0 Å². The van der Waals surface area contributed by atoms with Crippen molar-refractivity contribution >= 4 is 0 Å². The predicted molar refractivity (Wildman–Crippen MR) is 78.4 cm³/mol. The molecular weight excluding hydrogens is 236 g/mol. The Bertz CT molecular complexity index is 325. The van der Waals surface area contributed by atoms with Crippen LogP contribution in [0.15, 0.2) is 12.7 Å². The van der Waals surface area contributed by atoms with Crippen LogP contribution < -0.4 is 0 Å². The van der Waals surface area contributed by atoms with Crippen LogP contribution in [-0.2, 0) is 4.84 Å². The zero-order valence-corrected chi connectivity index (χ0v) is 12.9. The van der Waals surface area contributed by atoms with E-state index in [1.54, 1.807) is 0 Å². The second kappa shape index (κ2) is 6.54. The first-order chi connectivity index (χ1) is 8.83. The molecule has 108 valence electrons. The van der Waals surface area contributed by atoms with Crippen molar-refractivity contribution in [3.05, 3.63) is 12.7 Å². The van der Waals surface area contributed by atoms with E-state index in [-0.39, 0.29) is 17.2 Å². The Morgan fingerprint density at radius 3 is 2.37 bits per heavy atom. The standard InChI is InChI=1S/C16H28N2O/c1-6-7-8-10-14(13-17)19-18-15(2,3)11-9-12-16(18,4)5/h6,14H,1,7-12H2,2-5H3. The molecule has 19 heavy (non-hydrogen) atoms. The summed E-state index contributed by atoms with van der Waals surface area (Å²) in [6.45, 7) is 12.5. The monoisotopic (exact) mass is 264 g/mol. The van der Waals surface area contributed by atoms with Crippen LogP contribution in [0, 0.1) is 11.3 Å². The molecule has 1 atom stereocenters. The van der Waals surface area contributed by atoms with Crippen molar-refractivity contribution < 1.29 is 4.84 Å². The molecule has 1 unspecified atom stereocenters. The summed E-state index contributed by atoms with van der Waals surface area (Å²) in [5, 5.41) is 11.3. The van der Waals surface area contributed by atoms with Gasteiger partial charge in [0.1, 0.15) is 0 Å². The van der Waals surface area contributed by atoms with Crippen molar-refractivity contribution in [2.75, 3.05) is 0 Å². The predicted octanol–water partition coefficient (Wildman–Crippen LogP) is 4.21. The number of nitriles is 1. The molecule has 1 aliphatic heterocycles. The van der Waals surface area contributed by atoms with Crippen LogP contribution in [0.4, 0.5) is 0 Å². The number of nitrogens with zero attached hydrogens (tertiary/aromatic N) is 2. The molecule has 0 aromatic heterocycles. The van der Waals surface area contributed by atoms with Crippen molar-refractivity contribution in [3.63, 3.8) is 0 Å². The first-order valence-corrected chi connectivity index (χ1v) is 7.31. The van der Waals surface area contributed by atoms with Crippen molar-refractivity contribution in [1.29, 1.82) is 5.26 Å². The van der Waals surface area contributed by atoms with Gasteiger partial charge in [-0.05, 0) is 66.2 Å². The molecule has 1 rings (SSSR count). The van der Waals surface area contributed by atoms with E-state index < -0.39 is 0 Å². The van der Waals surface area contributed by atoms with E-state index in [9.17, 15) is 5.26 Å². The first-order valence-electron chi connectivity index (χ1n) is 7.31. The van der Waals surface area contributed by atoms with Gasteiger partial charge in [0.2, 0.25) is 0 Å². The second-order valence-electron chi connectivity index (χ2n) is 6.72. The summed E-state index contributed by atoms with van der Waals surface area (Å²) in [5.74, 6) is 0. The van der Waals surface area contributed by atoms with Crippen molar-refractivity contribution in [3.8, 4) is 6.07 Å². The smallest absolute Gasteiger partial charge is 0.165 e. The molecule has 1 fully saturated rings. The molecule has 0 aromatic carbocycles. The average molecular weight is 264 g/mol. The van der Waals surface area contributed by atoms with E-state index in [0.717, 1.165) is 32.1 Å². The summed E-state index contributed by atoms with van der Waals surface area (Å²) in [7, 11) is 0. The number of rotatable bonds is 6. The summed E-state index contributed by atoms with van der Waals surface area (Å²) >= 11 is 0. The van der Waals surface area contributed by atoms with E-state index in [2.05, 4.69) is 45.4 Å². The third kappa shape index (κ3) is 4.33. The molecule has 1 aliphatic rings. The van der Waals surface area contributed by atoms with Gasteiger partial charge in [0.05, 0.1) is 6.07 Å². The minimum absolute atomic E-state index is 0.00468. The van der Waals surface area contributed by atoms with Crippen LogP contribution in [0.3, 0.4) is 0 Å². The highest BCUT2D eigenvalue weighted by Gasteiger charge is 2.43. The maximum atomic E-state index is 9.27. The molecule has 1 heterocycles. The topological polar surface area (TPSA) is 36.3 Å². The summed E-state index contributed by atoms with van der Waals surface area (Å²) in [6.07, 6.45) is 7.64. The van der Waals surface area contributed by atoms with E-state index >= 15 is 0 Å². The zero-order valence-electron chi connectivity index (χ0n) is 12.9. The molecule has 1 saturated heterocycles. The summed E-state index contributed by atoms with van der Waals surface area (Å²) in [5.41, 5.74) is -0.00935. The Morgan fingerprint density at radius 2 is 1.89 bits per heavy atom. The lowest BCUT2D eigenvalue weighted by Crippen LogP contribution is -2.59. The van der Waals surface area contributed by atoms with Gasteiger partial charge in [-0.1, -0.05) is 6.08 Å². The molecular formula is C16H28N2O. The minimum Gasteiger partial charge on any atom is -0.279 e. The molecule has 0 aliphatic carbocycles. The molecule has 0 amide bonds. The van der Waals surface area contributed by atoms with Crippen LogP contribution >= 0.6 is 0 Å². The molecule has 0 saturated carbocycles. The van der Waals surface area contributed by atoms with Crippen LogP contribution in [-0.4, -0.2) is 22.2 Å². The first kappa shape index (κ1) is 16.2. The lowest BCUT2D eigenvalue weighted by Gasteiger charge is -2.51. The molecule has 3 nitrogen and oxygen atoms in total. The van der Waals surface area contributed by atoms with Crippen molar-refractivity contribution in [2.45, 2.75) is 83.4 Å². The van der Waals surface area contributed by atoms with Gasteiger partial charge in [-0.3, -0.25) is 4.84 Å². The Labute approximate surface area is 118 Å².